The zero-order chi connectivity index (χ0) is 48.0. The minimum atomic E-state index is -2.30. The van der Waals surface area contributed by atoms with E-state index in [1.54, 1.807) is 0 Å². The number of fused-ring (bicyclic) bond motifs is 1. The third kappa shape index (κ3) is 13.6. The van der Waals surface area contributed by atoms with Gasteiger partial charge in [0.25, 0.3) is 0 Å². The molecule has 0 aromatic carbocycles. The van der Waals surface area contributed by atoms with Gasteiger partial charge in [-0.1, -0.05) is 125 Å². The third-order valence-electron chi connectivity index (χ3n) is 17.9. The van der Waals surface area contributed by atoms with Crippen LogP contribution in [0.4, 0.5) is 0 Å². The minimum absolute atomic E-state index is 0.195. The third-order valence-corrected chi connectivity index (χ3v) is 45.8. The normalized spacial score (nSPS) is 28.4. The summed E-state index contributed by atoms with van der Waals surface area (Å²) in [6.45, 7) is 42.6. The van der Waals surface area contributed by atoms with Crippen molar-refractivity contribution in [1.82, 2.24) is 0 Å². The number of ether oxygens (including phenoxy) is 4. The van der Waals surface area contributed by atoms with Gasteiger partial charge in [-0.15, -0.1) is 0 Å². The van der Waals surface area contributed by atoms with Crippen LogP contribution in [0.25, 0.3) is 0 Å². The van der Waals surface area contributed by atoms with Gasteiger partial charge in [-0.25, -0.2) is 0 Å². The summed E-state index contributed by atoms with van der Waals surface area (Å²) in [5.41, 5.74) is 0. The molecule has 3 fully saturated rings. The van der Waals surface area contributed by atoms with Gasteiger partial charge in [-0.2, -0.15) is 0 Å². The van der Waals surface area contributed by atoms with Gasteiger partial charge < -0.3 is 45.5 Å². The lowest BCUT2D eigenvalue weighted by atomic mass is 9.98. The second kappa shape index (κ2) is 26.9. The molecule has 0 N–H and O–H groups in total. The molecule has 0 aromatic heterocycles. The topological polar surface area (TPSA) is 95.6 Å². The minimum Gasteiger partial charge on any atom is -0.414 e. The first-order chi connectivity index (χ1) is 30.6. The number of rotatable bonds is 34. The molecule has 0 amide bonds. The molecule has 3 aliphatic rings. The summed E-state index contributed by atoms with van der Waals surface area (Å²) in [6.07, 6.45) is -4.12. The summed E-state index contributed by atoms with van der Waals surface area (Å²) >= 11 is 0. The lowest BCUT2D eigenvalue weighted by Crippen LogP contribution is -2.69. The van der Waals surface area contributed by atoms with Crippen molar-refractivity contribution in [2.24, 2.45) is 0 Å². The van der Waals surface area contributed by atoms with Crippen molar-refractivity contribution in [3.63, 3.8) is 0 Å². The molecule has 3 rings (SSSR count). The number of hydrogen-bond acceptors (Lipinski definition) is 10. The Morgan fingerprint density at radius 1 is 0.297 bits per heavy atom. The molecule has 0 bridgehead atoms. The van der Waals surface area contributed by atoms with Crippen LogP contribution in [0, 0.1) is 0 Å². The monoisotopic (exact) mass is 1010 g/mol. The van der Waals surface area contributed by atoms with Crippen LogP contribution in [-0.4, -0.2) is 125 Å². The molecule has 0 radical (unpaired) electrons. The predicted octanol–water partition coefficient (Wildman–Crippen LogP) is 13.8. The maximum absolute atomic E-state index is 7.95. The Morgan fingerprint density at radius 3 is 0.938 bits per heavy atom. The highest BCUT2D eigenvalue weighted by atomic mass is 28.4. The first kappa shape index (κ1) is 59.2. The maximum atomic E-state index is 7.95. The molecule has 3 heterocycles. The van der Waals surface area contributed by atoms with Gasteiger partial charge in [0.05, 0.1) is 13.2 Å². The smallest absolute Gasteiger partial charge is 0.192 e. The lowest BCUT2D eigenvalue weighted by molar-refractivity contribution is -0.321. The van der Waals surface area contributed by atoms with Crippen LogP contribution in [0.2, 0.25) is 109 Å². The molecule has 0 aliphatic carbocycles. The van der Waals surface area contributed by atoms with Crippen LogP contribution in [0.3, 0.4) is 0 Å². The van der Waals surface area contributed by atoms with E-state index in [4.69, 9.17) is 45.5 Å². The van der Waals surface area contributed by atoms with Crippen LogP contribution < -0.4 is 0 Å². The molecular weight excluding hydrogens is 905 g/mol. The van der Waals surface area contributed by atoms with E-state index < -0.39 is 80.6 Å². The molecule has 3 aliphatic heterocycles. The van der Waals surface area contributed by atoms with Gasteiger partial charge in [0.1, 0.15) is 48.8 Å². The molecule has 0 aromatic rings. The maximum Gasteiger partial charge on any atom is 0.192 e. The second-order valence-corrected chi connectivity index (χ2v) is 48.1. The first-order valence-electron chi connectivity index (χ1n) is 27.2. The lowest BCUT2D eigenvalue weighted by Gasteiger charge is -2.54. The van der Waals surface area contributed by atoms with Crippen LogP contribution in [-0.2, 0) is 45.5 Å². The Kier molecular flexibility index (Phi) is 24.9. The van der Waals surface area contributed by atoms with Crippen LogP contribution in [0.15, 0.2) is 0 Å². The van der Waals surface area contributed by atoms with Crippen molar-refractivity contribution in [3.05, 3.63) is 0 Å². The fraction of sp³-hybridized carbons (Fsp3) is 1.00. The van der Waals surface area contributed by atoms with E-state index >= 15 is 0 Å². The fourth-order valence-corrected chi connectivity index (χ4v) is 27.6. The van der Waals surface area contributed by atoms with Gasteiger partial charge in [0.2, 0.25) is 0 Å². The van der Waals surface area contributed by atoms with Crippen LogP contribution in [0.5, 0.6) is 0 Å². The summed E-state index contributed by atoms with van der Waals surface area (Å²) in [5, 5.41) is 0. The summed E-state index contributed by atoms with van der Waals surface area (Å²) in [6, 6.07) is 18.7. The highest BCUT2D eigenvalue weighted by molar-refractivity contribution is 6.75. The highest BCUT2D eigenvalue weighted by Crippen LogP contribution is 2.45. The Balaban J connectivity index is 2.41. The van der Waals surface area contributed by atoms with E-state index in [2.05, 4.69) is 125 Å². The zero-order valence-corrected chi connectivity index (χ0v) is 51.0. The van der Waals surface area contributed by atoms with E-state index in [0.717, 1.165) is 109 Å². The Morgan fingerprint density at radius 2 is 0.594 bits per heavy atom. The van der Waals surface area contributed by atoms with Gasteiger partial charge in [0, 0.05) is 0 Å². The van der Waals surface area contributed by atoms with Crippen LogP contribution >= 0.6 is 0 Å². The van der Waals surface area contributed by atoms with Crippen molar-refractivity contribution in [1.29, 1.82) is 0 Å². The molecule has 0 unspecified atom stereocenters. The molecule has 10 atom stereocenters. The average molecular weight is 1010 g/mol. The largest absolute Gasteiger partial charge is 0.414 e. The van der Waals surface area contributed by atoms with E-state index in [1.807, 2.05) is 0 Å². The van der Waals surface area contributed by atoms with Crippen molar-refractivity contribution in [3.8, 4) is 0 Å². The van der Waals surface area contributed by atoms with Gasteiger partial charge >= 0.3 is 0 Å². The molecule has 10 nitrogen and oxygen atoms in total. The van der Waals surface area contributed by atoms with Crippen molar-refractivity contribution < 1.29 is 45.5 Å². The molecule has 0 spiro atoms. The number of hydrogen-bond donors (Lipinski definition) is 0. The van der Waals surface area contributed by atoms with Crippen molar-refractivity contribution in [2.75, 3.05) is 13.2 Å². The Hall–Kier alpha value is 0.901. The Bertz CT molecular complexity index is 1250. The van der Waals surface area contributed by atoms with Gasteiger partial charge in [0.15, 0.2) is 62.5 Å². The van der Waals surface area contributed by atoms with E-state index in [0.29, 0.717) is 13.2 Å². The molecule has 380 valence electrons. The highest BCUT2D eigenvalue weighted by Gasteiger charge is 2.62. The average Bonchev–Trinajstić information content (AvgIpc) is 4.14. The molecule has 3 saturated heterocycles. The van der Waals surface area contributed by atoms with E-state index in [9.17, 15) is 0 Å². The summed E-state index contributed by atoms with van der Waals surface area (Å²) in [5.74, 6) is 0. The molecule has 0 saturated carbocycles. The standard InChI is InChI=1S/C48H104O10Si6/c1-19-59(20-2,21-3)49-37-39-41(43(45-47(51-39)54-45)56-62(28-10,29-11)30-12)53-48-46(58-64(34-16,35-17)36-18)44(57-63(31-13,32-14)33-15)42(55-61(25-7,26-8)27-9)40(52-48)38-50-60(22-4,23-5)24-6/h39-48H,19-38H2,1-18H3/t39-,40-,41-,42+,43+,44+,45-,46-,47-,48+/m1/s1. The summed E-state index contributed by atoms with van der Waals surface area (Å²) < 4.78 is 74.3. The number of epoxide rings is 1. The molecular formula is C48H104O10Si6. The SMILES string of the molecule is CC[Si](CC)(CC)OC[C@H]1O[C@@H](O[C@H]2[C@H](O[Si](CC)(CC)CC)[C@H]3O[C@H]3O[C@@H]2CO[Si](CC)(CC)CC)[C@H](O[Si](CC)(CC)CC)[C@@H](O[Si](CC)(CC)CC)[C@H]1O[Si](CC)(CC)CC. The predicted molar refractivity (Wildman–Crippen MR) is 282 cm³/mol. The van der Waals surface area contributed by atoms with Crippen molar-refractivity contribution in [2.45, 2.75) is 295 Å². The molecule has 16 heteroatoms. The summed E-state index contributed by atoms with van der Waals surface area (Å²) in [4.78, 5) is 0. The van der Waals surface area contributed by atoms with Crippen molar-refractivity contribution >= 4 is 49.9 Å². The second-order valence-electron chi connectivity index (χ2n) is 19.7. The van der Waals surface area contributed by atoms with Gasteiger partial charge in [-0.05, 0) is 109 Å². The molecule has 64 heavy (non-hydrogen) atoms. The summed E-state index contributed by atoms with van der Waals surface area (Å²) in [7, 11) is -12.9. The van der Waals surface area contributed by atoms with E-state index in [1.165, 1.54) is 0 Å². The van der Waals surface area contributed by atoms with E-state index in [-0.39, 0.29) is 30.7 Å². The van der Waals surface area contributed by atoms with Gasteiger partial charge in [-0.3, -0.25) is 0 Å². The fourth-order valence-electron chi connectivity index (χ4n) is 11.0. The zero-order valence-electron chi connectivity index (χ0n) is 45.0. The quantitative estimate of drug-likeness (QED) is 0.0458. The van der Waals surface area contributed by atoms with Crippen LogP contribution in [0.1, 0.15) is 125 Å². The first-order valence-corrected chi connectivity index (χ1v) is 42.4. The Labute approximate surface area is 401 Å².